The Balaban J connectivity index is 0.000000705. The molecular formula is C14H18F5N3O3. The van der Waals surface area contributed by atoms with Crippen molar-refractivity contribution >= 4 is 6.03 Å². The lowest BCUT2D eigenvalue weighted by atomic mass is 9.93. The maximum Gasteiger partial charge on any atom is 0.388 e. The molecule has 2 rings (SSSR count). The van der Waals surface area contributed by atoms with E-state index in [1.807, 2.05) is 0 Å². The van der Waals surface area contributed by atoms with Gasteiger partial charge in [-0.15, -0.1) is 0 Å². The van der Waals surface area contributed by atoms with Crippen molar-refractivity contribution in [3.63, 3.8) is 0 Å². The van der Waals surface area contributed by atoms with Crippen LogP contribution in [0.4, 0.5) is 26.7 Å². The van der Waals surface area contributed by atoms with Gasteiger partial charge in [0, 0.05) is 18.3 Å². The number of hydrogen-bond acceptors (Lipinski definition) is 4. The zero-order valence-electron chi connectivity index (χ0n) is 13.0. The Morgan fingerprint density at radius 2 is 1.96 bits per heavy atom. The molecule has 0 aliphatic heterocycles. The van der Waals surface area contributed by atoms with Gasteiger partial charge in [0.1, 0.15) is 0 Å². The number of halogens is 5. The molecule has 1 aliphatic rings. The van der Waals surface area contributed by atoms with Gasteiger partial charge in [0.15, 0.2) is 0 Å². The van der Waals surface area contributed by atoms with Crippen LogP contribution in [0.3, 0.4) is 0 Å². The average Bonchev–Trinajstić information content (AvgIpc) is 2.47. The molecule has 142 valence electrons. The third-order valence-electron chi connectivity index (χ3n) is 3.30. The van der Waals surface area contributed by atoms with E-state index in [1.54, 1.807) is 0 Å². The molecule has 0 spiro atoms. The summed E-state index contributed by atoms with van der Waals surface area (Å²) in [6.07, 6.45) is 4.26. The van der Waals surface area contributed by atoms with Crippen LogP contribution in [0, 0.1) is 0 Å². The fourth-order valence-electron chi connectivity index (χ4n) is 1.97. The van der Waals surface area contributed by atoms with E-state index in [0.29, 0.717) is 5.56 Å². The number of ether oxygens (including phenoxy) is 1. The molecule has 1 fully saturated rings. The van der Waals surface area contributed by atoms with Gasteiger partial charge in [0.25, 0.3) is 0 Å². The molecule has 0 bridgehead atoms. The van der Waals surface area contributed by atoms with Gasteiger partial charge in [0.05, 0.1) is 12.6 Å². The van der Waals surface area contributed by atoms with Crippen LogP contribution in [0.2, 0.25) is 0 Å². The highest BCUT2D eigenvalue weighted by molar-refractivity contribution is 5.74. The minimum Gasteiger partial charge on any atom is -0.417 e. The molecule has 0 aromatic carbocycles. The van der Waals surface area contributed by atoms with Crippen molar-refractivity contribution in [1.29, 1.82) is 0 Å². The summed E-state index contributed by atoms with van der Waals surface area (Å²) in [5.74, 6) is -0.262. The minimum atomic E-state index is -3.67. The second-order valence-electron chi connectivity index (χ2n) is 5.03. The maximum absolute atomic E-state index is 12.1. The summed E-state index contributed by atoms with van der Waals surface area (Å²) in [6.45, 7) is -7.01. The number of carbonyl (C=O) groups is 1. The molecule has 2 amide bonds. The van der Waals surface area contributed by atoms with Crippen LogP contribution in [0.1, 0.15) is 30.9 Å². The van der Waals surface area contributed by atoms with Crippen molar-refractivity contribution in [2.75, 3.05) is 6.61 Å². The molecule has 1 aliphatic carbocycles. The first-order valence-electron chi connectivity index (χ1n) is 7.32. The van der Waals surface area contributed by atoms with Crippen molar-refractivity contribution in [2.45, 2.75) is 44.6 Å². The number of urea groups is 1. The molecule has 1 atom stereocenters. The van der Waals surface area contributed by atoms with Gasteiger partial charge in [-0.05, 0) is 30.9 Å². The van der Waals surface area contributed by atoms with Crippen molar-refractivity contribution in [2.24, 2.45) is 0 Å². The van der Waals surface area contributed by atoms with E-state index < -0.39 is 25.4 Å². The predicted octanol–water partition coefficient (Wildman–Crippen LogP) is 2.75. The summed E-state index contributed by atoms with van der Waals surface area (Å²) in [5, 5.41) is 14.7. The Morgan fingerprint density at radius 3 is 2.44 bits per heavy atom. The zero-order chi connectivity index (χ0) is 18.8. The van der Waals surface area contributed by atoms with Gasteiger partial charge < -0.3 is 20.5 Å². The number of nitrogens with one attached hydrogen (secondary N) is 2. The molecule has 0 saturated heterocycles. The molecule has 25 heavy (non-hydrogen) atoms. The largest absolute Gasteiger partial charge is 0.417 e. The van der Waals surface area contributed by atoms with Crippen molar-refractivity contribution in [3.8, 4) is 5.88 Å². The SMILES string of the molecule is FC(F)F.O=C(NC1CCC1)NC(CO)c1ccnc(OC(F)F)c1. The number of hydrogen-bond donors (Lipinski definition) is 3. The van der Waals surface area contributed by atoms with Gasteiger partial charge >= 0.3 is 19.3 Å². The Morgan fingerprint density at radius 1 is 1.32 bits per heavy atom. The number of pyridine rings is 1. The smallest absolute Gasteiger partial charge is 0.388 e. The van der Waals surface area contributed by atoms with E-state index in [2.05, 4.69) is 20.4 Å². The van der Waals surface area contributed by atoms with Gasteiger partial charge in [-0.25, -0.2) is 9.78 Å². The number of amides is 2. The molecular weight excluding hydrogens is 353 g/mol. The molecule has 0 radical (unpaired) electrons. The monoisotopic (exact) mass is 371 g/mol. The number of carbonyl (C=O) groups excluding carboxylic acids is 1. The summed E-state index contributed by atoms with van der Waals surface area (Å²) >= 11 is 0. The second kappa shape index (κ2) is 10.6. The quantitative estimate of drug-likeness (QED) is 0.672. The van der Waals surface area contributed by atoms with Crippen LogP contribution in [0.15, 0.2) is 18.3 Å². The van der Waals surface area contributed by atoms with Crippen molar-refractivity contribution in [1.82, 2.24) is 15.6 Å². The first-order valence-corrected chi connectivity index (χ1v) is 7.32. The molecule has 1 aromatic heterocycles. The van der Waals surface area contributed by atoms with Crippen LogP contribution < -0.4 is 15.4 Å². The van der Waals surface area contributed by atoms with Gasteiger partial charge in [-0.3, -0.25) is 0 Å². The first-order chi connectivity index (χ1) is 11.8. The van der Waals surface area contributed by atoms with Crippen LogP contribution in [-0.4, -0.2) is 42.1 Å². The van der Waals surface area contributed by atoms with Crippen LogP contribution >= 0.6 is 0 Å². The van der Waals surface area contributed by atoms with Crippen molar-refractivity contribution < 1.29 is 36.6 Å². The molecule has 1 unspecified atom stereocenters. The van der Waals surface area contributed by atoms with E-state index in [4.69, 9.17) is 0 Å². The first kappa shape index (κ1) is 20.9. The fraction of sp³-hybridized carbons (Fsp3) is 0.571. The van der Waals surface area contributed by atoms with E-state index in [0.717, 1.165) is 19.3 Å². The number of aromatic nitrogens is 1. The van der Waals surface area contributed by atoms with Gasteiger partial charge in [-0.1, -0.05) is 0 Å². The van der Waals surface area contributed by atoms with Crippen LogP contribution in [0.5, 0.6) is 5.88 Å². The van der Waals surface area contributed by atoms with E-state index >= 15 is 0 Å². The summed E-state index contributed by atoms with van der Waals surface area (Å²) < 4.78 is 57.5. The number of alkyl halides is 5. The van der Waals surface area contributed by atoms with Crippen LogP contribution in [0.25, 0.3) is 0 Å². The third kappa shape index (κ3) is 8.47. The fourth-order valence-corrected chi connectivity index (χ4v) is 1.97. The lowest BCUT2D eigenvalue weighted by molar-refractivity contribution is -0.0529. The standard InChI is InChI=1S/C13H17F2N3O3.CHF3/c14-12(15)21-11-6-8(4-5-16-11)10(7-19)18-13(20)17-9-2-1-3-9;2-1(3)4/h4-6,9-10,12,19H,1-3,7H2,(H2,17,18,20);1H. The summed E-state index contributed by atoms with van der Waals surface area (Å²) in [5.41, 5.74) is 0.437. The summed E-state index contributed by atoms with van der Waals surface area (Å²) in [4.78, 5) is 15.4. The highest BCUT2D eigenvalue weighted by Crippen LogP contribution is 2.20. The number of nitrogens with zero attached hydrogens (tertiary/aromatic N) is 1. The maximum atomic E-state index is 12.1. The zero-order valence-corrected chi connectivity index (χ0v) is 13.0. The molecule has 1 aromatic rings. The predicted molar refractivity (Wildman–Crippen MR) is 77.1 cm³/mol. The molecule has 1 saturated carbocycles. The number of aliphatic hydroxyl groups is 1. The summed E-state index contributed by atoms with van der Waals surface area (Å²) in [6, 6.07) is 1.83. The van der Waals surface area contributed by atoms with Gasteiger partial charge in [0.2, 0.25) is 5.88 Å². The Bertz CT molecular complexity index is 529. The second-order valence-corrected chi connectivity index (χ2v) is 5.03. The third-order valence-corrected chi connectivity index (χ3v) is 3.30. The van der Waals surface area contributed by atoms with E-state index in [-0.39, 0.29) is 18.5 Å². The average molecular weight is 371 g/mol. The lowest BCUT2D eigenvalue weighted by Crippen LogP contribution is -2.46. The number of aliphatic hydroxyl groups excluding tert-OH is 1. The highest BCUT2D eigenvalue weighted by atomic mass is 19.4. The topological polar surface area (TPSA) is 83.5 Å². The normalized spacial score (nSPS) is 15.0. The Labute approximate surface area is 140 Å². The molecule has 11 heteroatoms. The Kier molecular flexibility index (Phi) is 8.89. The number of rotatable bonds is 6. The molecule has 1 heterocycles. The lowest BCUT2D eigenvalue weighted by Gasteiger charge is -2.27. The Hall–Kier alpha value is -2.17. The van der Waals surface area contributed by atoms with E-state index in [9.17, 15) is 31.9 Å². The summed E-state index contributed by atoms with van der Waals surface area (Å²) in [7, 11) is 0. The van der Waals surface area contributed by atoms with Crippen LogP contribution in [-0.2, 0) is 0 Å². The minimum absolute atomic E-state index is 0.166. The molecule has 3 N–H and O–H groups in total. The van der Waals surface area contributed by atoms with Crippen molar-refractivity contribution in [3.05, 3.63) is 23.9 Å². The van der Waals surface area contributed by atoms with Gasteiger partial charge in [-0.2, -0.15) is 22.0 Å². The highest BCUT2D eigenvalue weighted by Gasteiger charge is 2.21. The molecule has 6 nitrogen and oxygen atoms in total. The van der Waals surface area contributed by atoms with E-state index in [1.165, 1.54) is 18.3 Å².